The maximum atomic E-state index is 8.37. The van der Waals surface area contributed by atoms with E-state index in [1.807, 2.05) is 6.92 Å². The van der Waals surface area contributed by atoms with Crippen molar-refractivity contribution in [3.05, 3.63) is 0 Å². The van der Waals surface area contributed by atoms with E-state index in [2.05, 4.69) is 5.92 Å². The van der Waals surface area contributed by atoms with E-state index in [0.29, 0.717) is 6.42 Å². The van der Waals surface area contributed by atoms with Crippen LogP contribution < -0.4 is 0 Å². The largest absolute Gasteiger partial charge is 0.396 e. The van der Waals surface area contributed by atoms with E-state index in [1.165, 1.54) is 0 Å². The van der Waals surface area contributed by atoms with Crippen LogP contribution in [0.3, 0.4) is 0 Å². The predicted molar refractivity (Wildman–Crippen MR) is 29.7 cm³/mol. The van der Waals surface area contributed by atoms with Crippen molar-refractivity contribution < 1.29 is 5.11 Å². The Hall–Kier alpha value is -0.480. The van der Waals surface area contributed by atoms with Crippen LogP contribution >= 0.6 is 0 Å². The van der Waals surface area contributed by atoms with Crippen molar-refractivity contribution in [3.8, 4) is 12.3 Å². The van der Waals surface area contributed by atoms with Crippen molar-refractivity contribution in [3.63, 3.8) is 0 Å². The SMILES string of the molecule is C#CC[C@H](C)CO. The van der Waals surface area contributed by atoms with Crippen LogP contribution in [0.2, 0.25) is 0 Å². The standard InChI is InChI=1S/C6H10O/c1-3-4-6(2)5-7/h1,6-7H,4-5H2,2H3/t6-/m0/s1. The van der Waals surface area contributed by atoms with Gasteiger partial charge in [-0.1, -0.05) is 6.92 Å². The molecule has 0 aliphatic heterocycles. The first-order valence-corrected chi connectivity index (χ1v) is 2.35. The third kappa shape index (κ3) is 3.35. The molecule has 0 aliphatic rings. The zero-order chi connectivity index (χ0) is 5.70. The molecule has 1 atom stereocenters. The van der Waals surface area contributed by atoms with Crippen LogP contribution in [0.5, 0.6) is 0 Å². The summed E-state index contributed by atoms with van der Waals surface area (Å²) in [6.07, 6.45) is 5.62. The van der Waals surface area contributed by atoms with Crippen LogP contribution in [-0.4, -0.2) is 11.7 Å². The molecule has 0 heterocycles. The smallest absolute Gasteiger partial charge is 0.0465 e. The van der Waals surface area contributed by atoms with Gasteiger partial charge in [-0.3, -0.25) is 0 Å². The Labute approximate surface area is 44.4 Å². The first-order valence-electron chi connectivity index (χ1n) is 2.35. The summed E-state index contributed by atoms with van der Waals surface area (Å²) in [6.45, 7) is 2.12. The highest BCUT2D eigenvalue weighted by molar-refractivity contribution is 4.85. The molecule has 0 spiro atoms. The zero-order valence-corrected chi connectivity index (χ0v) is 4.52. The number of hydrogen-bond donors (Lipinski definition) is 1. The molecule has 0 unspecified atom stereocenters. The van der Waals surface area contributed by atoms with Crippen LogP contribution in [0.25, 0.3) is 0 Å². The normalized spacial score (nSPS) is 12.7. The second-order valence-electron chi connectivity index (χ2n) is 1.70. The maximum Gasteiger partial charge on any atom is 0.0465 e. The van der Waals surface area contributed by atoms with E-state index < -0.39 is 0 Å². The fourth-order valence-electron chi connectivity index (χ4n) is 0.266. The van der Waals surface area contributed by atoms with Gasteiger partial charge < -0.3 is 5.11 Å². The maximum absolute atomic E-state index is 8.37. The molecule has 1 N–H and O–H groups in total. The van der Waals surface area contributed by atoms with Gasteiger partial charge in [0.2, 0.25) is 0 Å². The van der Waals surface area contributed by atoms with Gasteiger partial charge in [0.15, 0.2) is 0 Å². The average molecular weight is 98.1 g/mol. The summed E-state index contributed by atoms with van der Waals surface area (Å²) in [7, 11) is 0. The lowest BCUT2D eigenvalue weighted by Crippen LogP contribution is -1.97. The molecule has 0 rings (SSSR count). The molecule has 0 aromatic rings. The van der Waals surface area contributed by atoms with Crippen LogP contribution in [-0.2, 0) is 0 Å². The molecule has 0 aromatic carbocycles. The van der Waals surface area contributed by atoms with Crippen molar-refractivity contribution in [1.29, 1.82) is 0 Å². The molecule has 0 aromatic heterocycles. The van der Waals surface area contributed by atoms with Crippen molar-refractivity contribution >= 4 is 0 Å². The summed E-state index contributed by atoms with van der Waals surface area (Å²) in [5.74, 6) is 2.73. The molecular weight excluding hydrogens is 88.1 g/mol. The van der Waals surface area contributed by atoms with Crippen molar-refractivity contribution in [2.24, 2.45) is 5.92 Å². The lowest BCUT2D eigenvalue weighted by Gasteiger charge is -1.97. The van der Waals surface area contributed by atoms with Gasteiger partial charge in [-0.2, -0.15) is 0 Å². The van der Waals surface area contributed by atoms with Gasteiger partial charge in [0.1, 0.15) is 0 Å². The highest BCUT2D eigenvalue weighted by atomic mass is 16.3. The van der Waals surface area contributed by atoms with Gasteiger partial charge in [0, 0.05) is 13.0 Å². The Bertz CT molecular complexity index is 70.7. The summed E-state index contributed by atoms with van der Waals surface area (Å²) < 4.78 is 0. The highest BCUT2D eigenvalue weighted by Crippen LogP contribution is 1.95. The third-order valence-electron chi connectivity index (χ3n) is 0.778. The van der Waals surface area contributed by atoms with E-state index in [9.17, 15) is 0 Å². The molecule has 0 radical (unpaired) electrons. The molecule has 0 amide bonds. The van der Waals surface area contributed by atoms with Gasteiger partial charge in [0.25, 0.3) is 0 Å². The first kappa shape index (κ1) is 6.52. The molecule has 0 bridgehead atoms. The van der Waals surface area contributed by atoms with Crippen molar-refractivity contribution in [2.45, 2.75) is 13.3 Å². The average Bonchev–Trinajstić information content (AvgIpc) is 1.68. The second-order valence-corrected chi connectivity index (χ2v) is 1.70. The van der Waals surface area contributed by atoms with Crippen molar-refractivity contribution in [1.82, 2.24) is 0 Å². The number of aliphatic hydroxyl groups is 1. The molecule has 0 saturated carbocycles. The molecule has 1 heteroatoms. The number of hydrogen-bond acceptors (Lipinski definition) is 1. The minimum absolute atomic E-state index is 0.199. The fourth-order valence-corrected chi connectivity index (χ4v) is 0.266. The summed E-state index contributed by atoms with van der Waals surface area (Å²) in [6, 6.07) is 0. The molecule has 0 aliphatic carbocycles. The highest BCUT2D eigenvalue weighted by Gasteiger charge is 1.92. The van der Waals surface area contributed by atoms with E-state index in [-0.39, 0.29) is 12.5 Å². The summed E-state index contributed by atoms with van der Waals surface area (Å²) >= 11 is 0. The van der Waals surface area contributed by atoms with E-state index in [0.717, 1.165) is 0 Å². The zero-order valence-electron chi connectivity index (χ0n) is 4.52. The summed E-state index contributed by atoms with van der Waals surface area (Å²) in [5.41, 5.74) is 0. The Morgan fingerprint density at radius 3 is 2.57 bits per heavy atom. The molecule has 7 heavy (non-hydrogen) atoms. The van der Waals surface area contributed by atoms with Gasteiger partial charge >= 0.3 is 0 Å². The third-order valence-corrected chi connectivity index (χ3v) is 0.778. The minimum atomic E-state index is 0.199. The first-order chi connectivity index (χ1) is 3.31. The van der Waals surface area contributed by atoms with Crippen molar-refractivity contribution in [2.75, 3.05) is 6.61 Å². The van der Waals surface area contributed by atoms with Gasteiger partial charge in [-0.15, -0.1) is 12.3 Å². The van der Waals surface area contributed by atoms with Gasteiger partial charge in [0.05, 0.1) is 0 Å². The Morgan fingerprint density at radius 2 is 2.43 bits per heavy atom. The lowest BCUT2D eigenvalue weighted by molar-refractivity contribution is 0.240. The van der Waals surface area contributed by atoms with Crippen LogP contribution in [0, 0.1) is 18.3 Å². The number of rotatable bonds is 2. The molecule has 1 nitrogen and oxygen atoms in total. The monoisotopic (exact) mass is 98.1 g/mol. The number of aliphatic hydroxyl groups excluding tert-OH is 1. The minimum Gasteiger partial charge on any atom is -0.396 e. The molecule has 0 saturated heterocycles. The van der Waals surface area contributed by atoms with Gasteiger partial charge in [-0.05, 0) is 5.92 Å². The predicted octanol–water partition coefficient (Wildman–Crippen LogP) is 0.638. The van der Waals surface area contributed by atoms with E-state index in [1.54, 1.807) is 0 Å². The molecular formula is C6H10O. The van der Waals surface area contributed by atoms with Gasteiger partial charge in [-0.25, -0.2) is 0 Å². The second kappa shape index (κ2) is 3.70. The van der Waals surface area contributed by atoms with Crippen LogP contribution in [0.1, 0.15) is 13.3 Å². The molecule has 0 fully saturated rings. The topological polar surface area (TPSA) is 20.2 Å². The quantitative estimate of drug-likeness (QED) is 0.502. The summed E-state index contributed by atoms with van der Waals surface area (Å²) in [4.78, 5) is 0. The Balaban J connectivity index is 3.03. The van der Waals surface area contributed by atoms with E-state index >= 15 is 0 Å². The fraction of sp³-hybridized carbons (Fsp3) is 0.667. The van der Waals surface area contributed by atoms with Crippen LogP contribution in [0.15, 0.2) is 0 Å². The lowest BCUT2D eigenvalue weighted by atomic mass is 10.1. The molecule has 40 valence electrons. The number of terminal acetylenes is 1. The summed E-state index contributed by atoms with van der Waals surface area (Å²) in [5, 5.41) is 8.37. The van der Waals surface area contributed by atoms with Crippen LogP contribution in [0.4, 0.5) is 0 Å². The van der Waals surface area contributed by atoms with E-state index in [4.69, 9.17) is 11.5 Å². The Kier molecular flexibility index (Phi) is 3.45. The Morgan fingerprint density at radius 1 is 1.86 bits per heavy atom.